The van der Waals surface area contributed by atoms with Crippen LogP contribution in [0.15, 0.2) is 78.1 Å². The van der Waals surface area contributed by atoms with Crippen LogP contribution in [0.25, 0.3) is 50.0 Å². The third-order valence-corrected chi connectivity index (χ3v) is 8.74. The lowest BCUT2D eigenvalue weighted by molar-refractivity contribution is -0.137. The predicted octanol–water partition coefficient (Wildman–Crippen LogP) is 5.57. The van der Waals surface area contributed by atoms with Gasteiger partial charge in [0.1, 0.15) is 0 Å². The van der Waals surface area contributed by atoms with E-state index in [1.807, 2.05) is 43.6 Å². The number of piperidine rings is 1. The highest BCUT2D eigenvalue weighted by Gasteiger charge is 2.36. The highest BCUT2D eigenvalue weighted by molar-refractivity contribution is 6.04. The van der Waals surface area contributed by atoms with E-state index in [2.05, 4.69) is 15.1 Å². The second-order valence-electron chi connectivity index (χ2n) is 11.5. The molecule has 2 aromatic carbocycles. The van der Waals surface area contributed by atoms with Gasteiger partial charge in [-0.1, -0.05) is 12.1 Å². The summed E-state index contributed by atoms with van der Waals surface area (Å²) in [6.45, 7) is 0.860. The Labute approximate surface area is 255 Å². The Balaban J connectivity index is 1.36. The van der Waals surface area contributed by atoms with Gasteiger partial charge in [-0.3, -0.25) is 23.8 Å². The highest BCUT2D eigenvalue weighted by atomic mass is 19.4. The molecule has 1 saturated heterocycles. The number of aryl methyl sites for hydroxylation is 2. The second kappa shape index (κ2) is 10.9. The first-order valence-electron chi connectivity index (χ1n) is 14.7. The molecule has 12 heteroatoms. The van der Waals surface area contributed by atoms with Crippen molar-refractivity contribution in [2.45, 2.75) is 19.0 Å². The van der Waals surface area contributed by atoms with Gasteiger partial charge in [-0.2, -0.15) is 18.3 Å². The molecule has 45 heavy (non-hydrogen) atoms. The fraction of sp³-hybridized carbons (Fsp3) is 0.273. The Morgan fingerprint density at radius 2 is 1.69 bits per heavy atom. The lowest BCUT2D eigenvalue weighted by atomic mass is 9.96. The first kappa shape index (κ1) is 28.8. The Kier molecular flexibility index (Phi) is 6.96. The minimum absolute atomic E-state index is 0.0284. The molecule has 9 nitrogen and oxygen atoms in total. The minimum Gasteiger partial charge on any atom is -0.396 e. The number of pyridine rings is 2. The topological polar surface area (TPSA) is 94.0 Å². The summed E-state index contributed by atoms with van der Waals surface area (Å²) < 4.78 is 48.0. The van der Waals surface area contributed by atoms with Crippen LogP contribution in [0.1, 0.15) is 18.4 Å². The van der Waals surface area contributed by atoms with Gasteiger partial charge in [0.2, 0.25) is 0 Å². The second-order valence-corrected chi connectivity index (χ2v) is 11.5. The van der Waals surface area contributed by atoms with Crippen LogP contribution >= 0.6 is 0 Å². The van der Waals surface area contributed by atoms with Crippen LogP contribution in [-0.2, 0) is 20.3 Å². The number of nitrogens with zero attached hydrogens (tertiary/aromatic N) is 7. The van der Waals surface area contributed by atoms with Gasteiger partial charge in [0.25, 0.3) is 0 Å². The third kappa shape index (κ3) is 5.04. The Hall–Kier alpha value is -4.97. The van der Waals surface area contributed by atoms with Crippen LogP contribution in [0, 0.1) is 5.92 Å². The SMILES string of the molecule is Cn1cc(-c2ccc(-c3ccc4ncc5c(c4c3)n(-c3ccc(N4CCC(CO)CC4)c(C(F)(F)F)c3)c(=O)n5C)cn2)cn1. The monoisotopic (exact) mass is 613 g/mol. The van der Waals surface area contributed by atoms with Gasteiger partial charge in [-0.15, -0.1) is 0 Å². The molecule has 0 spiro atoms. The molecule has 0 saturated carbocycles. The molecular weight excluding hydrogens is 583 g/mol. The van der Waals surface area contributed by atoms with E-state index in [-0.39, 0.29) is 23.9 Å². The first-order chi connectivity index (χ1) is 21.6. The average Bonchev–Trinajstić information content (AvgIpc) is 3.60. The Morgan fingerprint density at radius 3 is 2.36 bits per heavy atom. The maximum absolute atomic E-state index is 14.5. The highest BCUT2D eigenvalue weighted by Crippen LogP contribution is 2.40. The summed E-state index contributed by atoms with van der Waals surface area (Å²) in [7, 11) is 3.43. The third-order valence-electron chi connectivity index (χ3n) is 8.74. The smallest absolute Gasteiger partial charge is 0.396 e. The number of imidazole rings is 1. The summed E-state index contributed by atoms with van der Waals surface area (Å²) in [5.41, 5.74) is 3.81. The van der Waals surface area contributed by atoms with Gasteiger partial charge >= 0.3 is 11.9 Å². The fourth-order valence-corrected chi connectivity index (χ4v) is 6.23. The molecule has 6 aromatic rings. The summed E-state index contributed by atoms with van der Waals surface area (Å²) in [4.78, 5) is 24.5. The van der Waals surface area contributed by atoms with Crippen LogP contribution in [0.2, 0.25) is 0 Å². The van der Waals surface area contributed by atoms with Crippen molar-refractivity contribution in [3.8, 4) is 28.1 Å². The first-order valence-corrected chi connectivity index (χ1v) is 14.7. The van der Waals surface area contributed by atoms with Gasteiger partial charge in [0, 0.05) is 68.4 Å². The zero-order chi connectivity index (χ0) is 31.5. The molecule has 1 aliphatic rings. The van der Waals surface area contributed by atoms with Crippen molar-refractivity contribution in [1.82, 2.24) is 28.9 Å². The van der Waals surface area contributed by atoms with E-state index in [9.17, 15) is 23.1 Å². The largest absolute Gasteiger partial charge is 0.418 e. The molecule has 0 amide bonds. The van der Waals surface area contributed by atoms with Crippen molar-refractivity contribution in [3.05, 3.63) is 89.4 Å². The van der Waals surface area contributed by atoms with Crippen molar-refractivity contribution in [2.75, 3.05) is 24.6 Å². The molecule has 1 N–H and O–H groups in total. The van der Waals surface area contributed by atoms with E-state index in [0.717, 1.165) is 28.5 Å². The zero-order valence-corrected chi connectivity index (χ0v) is 24.7. The van der Waals surface area contributed by atoms with Crippen molar-refractivity contribution in [1.29, 1.82) is 0 Å². The standard InChI is InChI=1S/C33H30F3N7O2/c1-40-18-23(16-39-40)27-6-4-22(15-37-27)21-3-7-28-25(13-21)31-30(17-38-28)41(2)32(45)43(31)24-5-8-29(26(14-24)33(34,35)36)42-11-9-20(19-44)10-12-42/h3-8,13-18,20,44H,9-12,19H2,1-2H3. The summed E-state index contributed by atoms with van der Waals surface area (Å²) in [5.74, 6) is 0.0887. The summed E-state index contributed by atoms with van der Waals surface area (Å²) in [5, 5.41) is 14.3. The number of aliphatic hydroxyl groups is 1. The van der Waals surface area contributed by atoms with Gasteiger partial charge in [-0.25, -0.2) is 4.79 Å². The van der Waals surface area contributed by atoms with E-state index >= 15 is 0 Å². The molecule has 0 atom stereocenters. The molecule has 1 aliphatic heterocycles. The van der Waals surface area contributed by atoms with Crippen LogP contribution in [0.3, 0.4) is 0 Å². The predicted molar refractivity (Wildman–Crippen MR) is 166 cm³/mol. The number of fused-ring (bicyclic) bond motifs is 3. The molecule has 5 heterocycles. The van der Waals surface area contributed by atoms with E-state index < -0.39 is 17.4 Å². The van der Waals surface area contributed by atoms with Crippen molar-refractivity contribution < 1.29 is 18.3 Å². The van der Waals surface area contributed by atoms with Crippen LogP contribution < -0.4 is 10.6 Å². The Morgan fingerprint density at radius 1 is 0.911 bits per heavy atom. The molecule has 4 aromatic heterocycles. The molecule has 0 bridgehead atoms. The molecule has 0 radical (unpaired) electrons. The number of aliphatic hydroxyl groups excluding tert-OH is 1. The summed E-state index contributed by atoms with van der Waals surface area (Å²) in [6.07, 6.45) is 3.54. The van der Waals surface area contributed by atoms with Crippen molar-refractivity contribution >= 4 is 27.6 Å². The number of aromatic nitrogens is 6. The molecule has 0 aliphatic carbocycles. The van der Waals surface area contributed by atoms with Gasteiger partial charge in [0.15, 0.2) is 0 Å². The fourth-order valence-electron chi connectivity index (χ4n) is 6.23. The number of benzene rings is 2. The summed E-state index contributed by atoms with van der Waals surface area (Å²) in [6, 6.07) is 13.6. The van der Waals surface area contributed by atoms with Crippen LogP contribution in [0.5, 0.6) is 0 Å². The average molecular weight is 614 g/mol. The van der Waals surface area contributed by atoms with E-state index in [4.69, 9.17) is 0 Å². The van der Waals surface area contributed by atoms with E-state index in [1.54, 1.807) is 41.3 Å². The molecule has 230 valence electrons. The number of alkyl halides is 3. The number of halogens is 3. The van der Waals surface area contributed by atoms with Crippen LogP contribution in [-0.4, -0.2) is 53.7 Å². The van der Waals surface area contributed by atoms with Gasteiger partial charge in [0.05, 0.1) is 45.9 Å². The number of hydrogen-bond acceptors (Lipinski definition) is 6. The van der Waals surface area contributed by atoms with E-state index in [0.29, 0.717) is 47.9 Å². The zero-order valence-electron chi connectivity index (χ0n) is 24.7. The maximum Gasteiger partial charge on any atom is 0.418 e. The lowest BCUT2D eigenvalue weighted by Crippen LogP contribution is -2.36. The number of rotatable bonds is 5. The normalized spacial score (nSPS) is 14.6. The molecule has 1 fully saturated rings. The van der Waals surface area contributed by atoms with E-state index in [1.165, 1.54) is 15.2 Å². The lowest BCUT2D eigenvalue weighted by Gasteiger charge is -2.34. The van der Waals surface area contributed by atoms with Crippen molar-refractivity contribution in [3.63, 3.8) is 0 Å². The van der Waals surface area contributed by atoms with Crippen molar-refractivity contribution in [2.24, 2.45) is 20.0 Å². The quantitative estimate of drug-likeness (QED) is 0.274. The maximum atomic E-state index is 14.5. The molecule has 7 rings (SSSR count). The minimum atomic E-state index is -4.64. The van der Waals surface area contributed by atoms with Crippen LogP contribution in [0.4, 0.5) is 18.9 Å². The van der Waals surface area contributed by atoms with Gasteiger partial charge < -0.3 is 10.0 Å². The number of hydrogen-bond donors (Lipinski definition) is 1. The van der Waals surface area contributed by atoms with Gasteiger partial charge in [-0.05, 0) is 60.7 Å². The molecule has 0 unspecified atom stereocenters. The summed E-state index contributed by atoms with van der Waals surface area (Å²) >= 11 is 0. The molecular formula is C33H30F3N7O2. The number of anilines is 1. The Bertz CT molecular complexity index is 2100.